The van der Waals surface area contributed by atoms with Gasteiger partial charge in [0.05, 0.1) is 0 Å². The van der Waals surface area contributed by atoms with Crippen LogP contribution in [0.4, 0.5) is 10.1 Å². The molecule has 19 heavy (non-hydrogen) atoms. The summed E-state index contributed by atoms with van der Waals surface area (Å²) in [6.07, 6.45) is 2.60. The van der Waals surface area contributed by atoms with Crippen LogP contribution < -0.4 is 10.6 Å². The van der Waals surface area contributed by atoms with Crippen molar-refractivity contribution in [2.75, 3.05) is 18.4 Å². The van der Waals surface area contributed by atoms with Crippen molar-refractivity contribution >= 4 is 24.0 Å². The molecule has 0 saturated carbocycles. The molecule has 0 unspecified atom stereocenters. The quantitative estimate of drug-likeness (QED) is 0.897. The van der Waals surface area contributed by atoms with Gasteiger partial charge in [0.1, 0.15) is 5.82 Å². The molecule has 1 aliphatic rings. The van der Waals surface area contributed by atoms with E-state index in [1.165, 1.54) is 6.07 Å². The normalized spacial score (nSPS) is 15.7. The Bertz CT molecular complexity index is 433. The first-order valence-electron chi connectivity index (χ1n) is 6.42. The topological polar surface area (TPSA) is 41.1 Å². The molecule has 106 valence electrons. The highest BCUT2D eigenvalue weighted by atomic mass is 35.5. The molecule has 1 heterocycles. The molecule has 1 aliphatic heterocycles. The molecule has 0 spiro atoms. The zero-order valence-corrected chi connectivity index (χ0v) is 11.9. The van der Waals surface area contributed by atoms with Crippen LogP contribution in [0.3, 0.4) is 0 Å². The second-order valence-corrected chi connectivity index (χ2v) is 4.86. The minimum atomic E-state index is -0.283. The molecule has 1 saturated heterocycles. The zero-order valence-electron chi connectivity index (χ0n) is 11.0. The lowest BCUT2D eigenvalue weighted by Crippen LogP contribution is -2.30. The van der Waals surface area contributed by atoms with Gasteiger partial charge in [0.25, 0.3) is 0 Å². The number of halogens is 2. The molecule has 1 amide bonds. The smallest absolute Gasteiger partial charge is 0.224 e. The third-order valence-corrected chi connectivity index (χ3v) is 3.47. The fourth-order valence-corrected chi connectivity index (χ4v) is 2.29. The molecule has 0 bridgehead atoms. The Hall–Kier alpha value is -1.13. The number of hydrogen-bond acceptors (Lipinski definition) is 2. The van der Waals surface area contributed by atoms with Gasteiger partial charge in [0, 0.05) is 17.7 Å². The van der Waals surface area contributed by atoms with Crippen LogP contribution in [0.2, 0.25) is 0 Å². The molecule has 1 aromatic carbocycles. The maximum absolute atomic E-state index is 13.3. The van der Waals surface area contributed by atoms with Crippen molar-refractivity contribution in [2.45, 2.75) is 26.2 Å². The van der Waals surface area contributed by atoms with Crippen LogP contribution in [0.5, 0.6) is 0 Å². The lowest BCUT2D eigenvalue weighted by atomic mass is 9.94. The Morgan fingerprint density at radius 1 is 1.42 bits per heavy atom. The van der Waals surface area contributed by atoms with E-state index in [2.05, 4.69) is 10.6 Å². The van der Waals surface area contributed by atoms with Crippen molar-refractivity contribution in [1.82, 2.24) is 5.32 Å². The molecule has 0 atom stereocenters. The maximum atomic E-state index is 13.3. The van der Waals surface area contributed by atoms with Crippen molar-refractivity contribution < 1.29 is 9.18 Å². The maximum Gasteiger partial charge on any atom is 0.224 e. The average Bonchev–Trinajstić information content (AvgIpc) is 2.36. The number of piperidine rings is 1. The van der Waals surface area contributed by atoms with Gasteiger partial charge in [0.2, 0.25) is 5.91 Å². The predicted octanol–water partition coefficient (Wildman–Crippen LogP) is 2.88. The van der Waals surface area contributed by atoms with Crippen LogP contribution in [0, 0.1) is 18.7 Å². The Balaban J connectivity index is 0.00000180. The Labute approximate surface area is 119 Å². The highest BCUT2D eigenvalue weighted by molar-refractivity contribution is 5.91. The van der Waals surface area contributed by atoms with Gasteiger partial charge in [-0.1, -0.05) is 6.07 Å². The number of carbonyl (C=O) groups is 1. The van der Waals surface area contributed by atoms with Gasteiger partial charge < -0.3 is 10.6 Å². The number of amides is 1. The highest BCUT2D eigenvalue weighted by Crippen LogP contribution is 2.20. The number of hydrogen-bond donors (Lipinski definition) is 2. The highest BCUT2D eigenvalue weighted by Gasteiger charge is 2.17. The van der Waals surface area contributed by atoms with Crippen molar-refractivity contribution in [2.24, 2.45) is 5.92 Å². The second-order valence-electron chi connectivity index (χ2n) is 4.86. The molecule has 0 aliphatic carbocycles. The van der Waals surface area contributed by atoms with Crippen molar-refractivity contribution in [3.8, 4) is 0 Å². The van der Waals surface area contributed by atoms with Crippen LogP contribution in [0.25, 0.3) is 0 Å². The summed E-state index contributed by atoms with van der Waals surface area (Å²) in [5, 5.41) is 6.07. The number of carbonyl (C=O) groups excluding carboxylic acids is 1. The molecule has 0 radical (unpaired) electrons. The van der Waals surface area contributed by atoms with Crippen molar-refractivity contribution in [1.29, 1.82) is 0 Å². The molecule has 2 N–H and O–H groups in total. The van der Waals surface area contributed by atoms with E-state index in [0.29, 0.717) is 23.6 Å². The fourth-order valence-electron chi connectivity index (χ4n) is 2.29. The van der Waals surface area contributed by atoms with Gasteiger partial charge in [-0.2, -0.15) is 0 Å². The van der Waals surface area contributed by atoms with E-state index in [0.717, 1.165) is 25.9 Å². The largest absolute Gasteiger partial charge is 0.326 e. The van der Waals surface area contributed by atoms with Crippen LogP contribution in [-0.4, -0.2) is 19.0 Å². The third-order valence-electron chi connectivity index (χ3n) is 3.47. The van der Waals surface area contributed by atoms with Crippen molar-refractivity contribution in [3.63, 3.8) is 0 Å². The van der Waals surface area contributed by atoms with Crippen molar-refractivity contribution in [3.05, 3.63) is 29.6 Å². The van der Waals surface area contributed by atoms with Crippen LogP contribution in [0.15, 0.2) is 18.2 Å². The molecule has 5 heteroatoms. The molecular weight excluding hydrogens is 267 g/mol. The van der Waals surface area contributed by atoms with Gasteiger partial charge in [0.15, 0.2) is 0 Å². The monoisotopic (exact) mass is 286 g/mol. The molecule has 1 aromatic rings. The summed E-state index contributed by atoms with van der Waals surface area (Å²) >= 11 is 0. The average molecular weight is 287 g/mol. The molecule has 1 fully saturated rings. The fraction of sp³-hybridized carbons (Fsp3) is 0.500. The van der Waals surface area contributed by atoms with E-state index in [9.17, 15) is 9.18 Å². The summed E-state index contributed by atoms with van der Waals surface area (Å²) in [6, 6.07) is 4.75. The zero-order chi connectivity index (χ0) is 13.0. The lowest BCUT2D eigenvalue weighted by molar-refractivity contribution is -0.117. The van der Waals surface area contributed by atoms with E-state index < -0.39 is 0 Å². The van der Waals surface area contributed by atoms with E-state index in [1.807, 2.05) is 0 Å². The number of nitrogens with one attached hydrogen (secondary N) is 2. The molecule has 3 nitrogen and oxygen atoms in total. The standard InChI is InChI=1S/C14H19FN2O.ClH/c1-10-12(15)3-2-4-13(10)17-14(18)9-11-5-7-16-8-6-11;/h2-4,11,16H,5-9H2,1H3,(H,17,18);1H. The summed E-state index contributed by atoms with van der Waals surface area (Å²) in [7, 11) is 0. The summed E-state index contributed by atoms with van der Waals surface area (Å²) in [6.45, 7) is 3.64. The van der Waals surface area contributed by atoms with Crippen LogP contribution in [0.1, 0.15) is 24.8 Å². The van der Waals surface area contributed by atoms with Crippen LogP contribution >= 0.6 is 12.4 Å². The first-order valence-corrected chi connectivity index (χ1v) is 6.42. The Kier molecular flexibility index (Phi) is 6.25. The van der Waals surface area contributed by atoms with Crippen LogP contribution in [-0.2, 0) is 4.79 Å². The van der Waals surface area contributed by atoms with Gasteiger partial charge in [-0.25, -0.2) is 4.39 Å². The molecule has 2 rings (SSSR count). The van der Waals surface area contributed by atoms with Gasteiger partial charge in [-0.3, -0.25) is 4.79 Å². The number of benzene rings is 1. The third kappa shape index (κ3) is 4.48. The minimum absolute atomic E-state index is 0. The first kappa shape index (κ1) is 15.9. The molecular formula is C14H20ClFN2O. The summed E-state index contributed by atoms with van der Waals surface area (Å²) in [5.41, 5.74) is 1.07. The number of rotatable bonds is 3. The number of anilines is 1. The van der Waals surface area contributed by atoms with E-state index in [4.69, 9.17) is 0 Å². The lowest BCUT2D eigenvalue weighted by Gasteiger charge is -2.22. The Morgan fingerprint density at radius 2 is 2.11 bits per heavy atom. The Morgan fingerprint density at radius 3 is 2.79 bits per heavy atom. The van der Waals surface area contributed by atoms with Gasteiger partial charge in [-0.15, -0.1) is 12.4 Å². The minimum Gasteiger partial charge on any atom is -0.326 e. The summed E-state index contributed by atoms with van der Waals surface area (Å²) in [5.74, 6) is 0.144. The van der Waals surface area contributed by atoms with Gasteiger partial charge in [-0.05, 0) is 50.9 Å². The van der Waals surface area contributed by atoms with E-state index >= 15 is 0 Å². The van der Waals surface area contributed by atoms with E-state index in [1.54, 1.807) is 19.1 Å². The predicted molar refractivity (Wildman–Crippen MR) is 77.2 cm³/mol. The first-order chi connectivity index (χ1) is 8.66. The SMILES string of the molecule is Cc1c(F)cccc1NC(=O)CC1CCNCC1.Cl. The summed E-state index contributed by atoms with van der Waals surface area (Å²) in [4.78, 5) is 11.9. The summed E-state index contributed by atoms with van der Waals surface area (Å²) < 4.78 is 13.3. The van der Waals surface area contributed by atoms with Gasteiger partial charge >= 0.3 is 0 Å². The molecule has 0 aromatic heterocycles. The van der Waals surface area contributed by atoms with E-state index in [-0.39, 0.29) is 24.1 Å². The second kappa shape index (κ2) is 7.46.